The van der Waals surface area contributed by atoms with Crippen LogP contribution in [0.3, 0.4) is 0 Å². The fourth-order valence-electron chi connectivity index (χ4n) is 2.82. The van der Waals surface area contributed by atoms with Crippen molar-refractivity contribution < 1.29 is 0 Å². The second-order valence-electron chi connectivity index (χ2n) is 5.45. The van der Waals surface area contributed by atoms with Gasteiger partial charge in [0.25, 0.3) is 0 Å². The summed E-state index contributed by atoms with van der Waals surface area (Å²) in [7, 11) is 2.09. The average Bonchev–Trinajstić information content (AvgIpc) is 2.57. The van der Waals surface area contributed by atoms with E-state index in [-0.39, 0.29) is 0 Å². The maximum atomic E-state index is 4.72. The van der Waals surface area contributed by atoms with Gasteiger partial charge in [-0.3, -0.25) is 0 Å². The molecular formula is C20H16N2. The first kappa shape index (κ1) is 12.8. The standard InChI is InChI=1S/C20H16N2/c1-22-18(13-11-16-7-3-5-9-20(16)22)14-17-12-10-15-6-2-4-8-19(15)21-17/h2-14H,1H3/b18-14-. The molecule has 0 aliphatic carbocycles. The molecule has 1 aliphatic heterocycles. The number of hydrogen-bond acceptors (Lipinski definition) is 2. The van der Waals surface area contributed by atoms with Crippen LogP contribution in [0.15, 0.2) is 72.4 Å². The molecule has 4 rings (SSSR count). The minimum Gasteiger partial charge on any atom is -0.344 e. The smallest absolute Gasteiger partial charge is 0.0709 e. The average molecular weight is 284 g/mol. The summed E-state index contributed by atoms with van der Waals surface area (Å²) in [6.45, 7) is 0. The third-order valence-corrected chi connectivity index (χ3v) is 4.03. The Morgan fingerprint density at radius 3 is 2.64 bits per heavy atom. The van der Waals surface area contributed by atoms with Gasteiger partial charge in [-0.25, -0.2) is 4.98 Å². The van der Waals surface area contributed by atoms with Crippen molar-refractivity contribution in [1.82, 2.24) is 4.98 Å². The molecule has 0 unspecified atom stereocenters. The number of benzene rings is 2. The quantitative estimate of drug-likeness (QED) is 0.641. The lowest BCUT2D eigenvalue weighted by Crippen LogP contribution is -2.18. The Kier molecular flexibility index (Phi) is 3.01. The molecule has 106 valence electrons. The second-order valence-corrected chi connectivity index (χ2v) is 5.45. The van der Waals surface area contributed by atoms with Gasteiger partial charge in [0.1, 0.15) is 0 Å². The first-order valence-electron chi connectivity index (χ1n) is 7.40. The molecule has 0 amide bonds. The van der Waals surface area contributed by atoms with Gasteiger partial charge in [0.15, 0.2) is 0 Å². The van der Waals surface area contributed by atoms with Crippen LogP contribution in [0.2, 0.25) is 0 Å². The lowest BCUT2D eigenvalue weighted by molar-refractivity contribution is 1.13. The van der Waals surface area contributed by atoms with Gasteiger partial charge in [-0.05, 0) is 35.9 Å². The van der Waals surface area contributed by atoms with Crippen LogP contribution < -0.4 is 4.90 Å². The monoisotopic (exact) mass is 284 g/mol. The zero-order valence-corrected chi connectivity index (χ0v) is 12.4. The zero-order valence-electron chi connectivity index (χ0n) is 12.4. The Morgan fingerprint density at radius 1 is 0.864 bits per heavy atom. The molecule has 0 spiro atoms. The number of para-hydroxylation sites is 2. The first-order valence-corrected chi connectivity index (χ1v) is 7.40. The van der Waals surface area contributed by atoms with Crippen LogP contribution in [0.4, 0.5) is 5.69 Å². The molecule has 0 saturated carbocycles. The Morgan fingerprint density at radius 2 is 1.68 bits per heavy atom. The maximum absolute atomic E-state index is 4.72. The molecular weight excluding hydrogens is 268 g/mol. The van der Waals surface area contributed by atoms with Crippen molar-refractivity contribution in [2.75, 3.05) is 11.9 Å². The Balaban J connectivity index is 1.76. The van der Waals surface area contributed by atoms with Crippen molar-refractivity contribution in [2.24, 2.45) is 0 Å². The summed E-state index contributed by atoms with van der Waals surface area (Å²) in [5.41, 5.74) is 5.61. The molecule has 2 aromatic carbocycles. The van der Waals surface area contributed by atoms with E-state index in [4.69, 9.17) is 4.98 Å². The van der Waals surface area contributed by atoms with E-state index in [1.54, 1.807) is 0 Å². The van der Waals surface area contributed by atoms with Crippen molar-refractivity contribution >= 4 is 28.7 Å². The molecule has 1 aliphatic rings. The van der Waals surface area contributed by atoms with Crippen LogP contribution in [-0.2, 0) is 0 Å². The van der Waals surface area contributed by atoms with Crippen LogP contribution in [0.5, 0.6) is 0 Å². The first-order chi connectivity index (χ1) is 10.8. The molecule has 0 fully saturated rings. The van der Waals surface area contributed by atoms with E-state index in [0.29, 0.717) is 0 Å². The lowest BCUT2D eigenvalue weighted by Gasteiger charge is -2.26. The van der Waals surface area contributed by atoms with Crippen molar-refractivity contribution in [3.05, 3.63) is 83.7 Å². The molecule has 0 radical (unpaired) electrons. The van der Waals surface area contributed by atoms with Gasteiger partial charge in [-0.1, -0.05) is 48.5 Å². The Hall–Kier alpha value is -2.87. The Labute approximate surface area is 130 Å². The van der Waals surface area contributed by atoms with E-state index in [9.17, 15) is 0 Å². The number of rotatable bonds is 1. The van der Waals surface area contributed by atoms with E-state index >= 15 is 0 Å². The highest BCUT2D eigenvalue weighted by Crippen LogP contribution is 2.30. The van der Waals surface area contributed by atoms with Gasteiger partial charge in [-0.15, -0.1) is 0 Å². The lowest BCUT2D eigenvalue weighted by atomic mass is 10.1. The van der Waals surface area contributed by atoms with Crippen molar-refractivity contribution in [2.45, 2.75) is 0 Å². The molecule has 2 heteroatoms. The molecule has 2 nitrogen and oxygen atoms in total. The normalized spacial score (nSPS) is 15.3. The summed E-state index contributed by atoms with van der Waals surface area (Å²) in [4.78, 5) is 6.92. The minimum absolute atomic E-state index is 0.976. The highest BCUT2D eigenvalue weighted by molar-refractivity contribution is 5.82. The molecule has 1 aromatic heterocycles. The zero-order chi connectivity index (χ0) is 14.9. The van der Waals surface area contributed by atoms with Crippen molar-refractivity contribution in [3.8, 4) is 0 Å². The summed E-state index contributed by atoms with van der Waals surface area (Å²) in [5, 5.41) is 1.17. The minimum atomic E-state index is 0.976. The number of hydrogen-bond donors (Lipinski definition) is 0. The number of fused-ring (bicyclic) bond motifs is 2. The van der Waals surface area contributed by atoms with Crippen LogP contribution >= 0.6 is 0 Å². The summed E-state index contributed by atoms with van der Waals surface area (Å²) in [5.74, 6) is 0. The maximum Gasteiger partial charge on any atom is 0.0709 e. The summed E-state index contributed by atoms with van der Waals surface area (Å²) >= 11 is 0. The fraction of sp³-hybridized carbons (Fsp3) is 0.0500. The summed E-state index contributed by atoms with van der Waals surface area (Å²) < 4.78 is 0. The topological polar surface area (TPSA) is 16.1 Å². The van der Waals surface area contributed by atoms with Gasteiger partial charge in [0.05, 0.1) is 11.2 Å². The van der Waals surface area contributed by atoms with Gasteiger partial charge >= 0.3 is 0 Å². The van der Waals surface area contributed by atoms with Gasteiger partial charge in [0, 0.05) is 23.8 Å². The SMILES string of the molecule is CN1/C(=C\c2ccc3ccccc3n2)C=Cc2ccccc21. The van der Waals surface area contributed by atoms with Crippen LogP contribution in [0.25, 0.3) is 23.1 Å². The Bertz CT molecular complexity index is 906. The third kappa shape index (κ3) is 2.19. The van der Waals surface area contributed by atoms with Gasteiger partial charge < -0.3 is 4.90 Å². The summed E-state index contributed by atoms with van der Waals surface area (Å²) in [6.07, 6.45) is 6.42. The van der Waals surface area contributed by atoms with E-state index in [1.807, 2.05) is 18.2 Å². The van der Waals surface area contributed by atoms with Crippen molar-refractivity contribution in [1.29, 1.82) is 0 Å². The predicted octanol–water partition coefficient (Wildman–Crippen LogP) is 4.74. The molecule has 3 aromatic rings. The van der Waals surface area contributed by atoms with E-state index in [2.05, 4.69) is 72.6 Å². The number of pyridine rings is 1. The van der Waals surface area contributed by atoms with Crippen LogP contribution in [0.1, 0.15) is 11.3 Å². The van der Waals surface area contributed by atoms with Crippen molar-refractivity contribution in [3.63, 3.8) is 0 Å². The molecule has 0 atom stereocenters. The highest BCUT2D eigenvalue weighted by atomic mass is 15.1. The van der Waals surface area contributed by atoms with Crippen LogP contribution in [0, 0.1) is 0 Å². The second kappa shape index (κ2) is 5.15. The molecule has 2 heterocycles. The number of aromatic nitrogens is 1. The number of nitrogens with zero attached hydrogens (tertiary/aromatic N) is 2. The summed E-state index contributed by atoms with van der Waals surface area (Å²) in [6, 6.07) is 20.8. The molecule has 22 heavy (non-hydrogen) atoms. The third-order valence-electron chi connectivity index (χ3n) is 4.03. The molecule has 0 bridgehead atoms. The van der Waals surface area contributed by atoms with E-state index in [0.717, 1.165) is 16.9 Å². The van der Waals surface area contributed by atoms with E-state index < -0.39 is 0 Å². The largest absolute Gasteiger partial charge is 0.344 e. The molecule has 0 N–H and O–H groups in total. The van der Waals surface area contributed by atoms with Gasteiger partial charge in [0.2, 0.25) is 0 Å². The van der Waals surface area contributed by atoms with Crippen LogP contribution in [-0.4, -0.2) is 12.0 Å². The fourth-order valence-corrected chi connectivity index (χ4v) is 2.82. The van der Waals surface area contributed by atoms with E-state index in [1.165, 1.54) is 16.6 Å². The van der Waals surface area contributed by atoms with Gasteiger partial charge in [-0.2, -0.15) is 0 Å². The number of likely N-dealkylation sites (N-methyl/N-ethyl adjacent to an activating group) is 1. The predicted molar refractivity (Wildman–Crippen MR) is 93.6 cm³/mol. The highest BCUT2D eigenvalue weighted by Gasteiger charge is 2.12. The number of allylic oxidation sites excluding steroid dienone is 1. The molecule has 0 saturated heterocycles. The number of anilines is 1.